The van der Waals surface area contributed by atoms with Crippen molar-refractivity contribution in [3.8, 4) is 0 Å². The van der Waals surface area contributed by atoms with Gasteiger partial charge in [-0.15, -0.1) is 6.58 Å². The highest BCUT2D eigenvalue weighted by Gasteiger charge is 2.48. The van der Waals surface area contributed by atoms with Gasteiger partial charge in [-0.25, -0.2) is 0 Å². The average Bonchev–Trinajstić information content (AvgIpc) is 3.07. The molecule has 2 fully saturated rings. The first-order chi connectivity index (χ1) is 10.6. The molecule has 0 unspecified atom stereocenters. The Balaban J connectivity index is 1.66. The van der Waals surface area contributed by atoms with Crippen LogP contribution in [0.3, 0.4) is 0 Å². The number of furan rings is 1. The Morgan fingerprint density at radius 3 is 2.64 bits per heavy atom. The molecular weight excluding hydrogens is 280 g/mol. The average molecular weight is 302 g/mol. The van der Waals surface area contributed by atoms with Crippen molar-refractivity contribution in [2.45, 2.75) is 26.2 Å². The minimum Gasteiger partial charge on any atom is -0.469 e. The van der Waals surface area contributed by atoms with Gasteiger partial charge in [0.25, 0.3) is 5.91 Å². The monoisotopic (exact) mass is 302 g/mol. The van der Waals surface area contributed by atoms with Crippen LogP contribution in [0, 0.1) is 12.3 Å². The third kappa shape index (κ3) is 2.34. The quantitative estimate of drug-likeness (QED) is 0.805. The molecule has 0 atom stereocenters. The summed E-state index contributed by atoms with van der Waals surface area (Å²) in [5, 5.41) is 0. The lowest BCUT2D eigenvalue weighted by Gasteiger charge is -2.37. The standard InChI is InChI=1S/C17H22N2O3/c1-3-8-19-11-7-17(16(19)21)5-9-18(10-6-17)15(20)14-4-12-22-13(14)2/h3-4,12H,1,5-11H2,2H3. The number of nitrogens with zero attached hydrogens (tertiary/aromatic N) is 2. The first-order valence-corrected chi connectivity index (χ1v) is 7.81. The molecule has 5 heteroatoms. The fourth-order valence-electron chi connectivity index (χ4n) is 3.60. The Morgan fingerprint density at radius 2 is 2.05 bits per heavy atom. The molecule has 2 amide bonds. The normalized spacial score (nSPS) is 20.7. The lowest BCUT2D eigenvalue weighted by molar-refractivity contribution is -0.137. The van der Waals surface area contributed by atoms with Gasteiger partial charge in [0.1, 0.15) is 5.76 Å². The van der Waals surface area contributed by atoms with Crippen LogP contribution in [0.15, 0.2) is 29.4 Å². The number of aryl methyl sites for hydroxylation is 1. The number of carbonyl (C=O) groups excluding carboxylic acids is 2. The lowest BCUT2D eigenvalue weighted by atomic mass is 9.77. The molecule has 3 heterocycles. The van der Waals surface area contributed by atoms with Crippen LogP contribution in [0.4, 0.5) is 0 Å². The smallest absolute Gasteiger partial charge is 0.257 e. The first kappa shape index (κ1) is 14.9. The Kier molecular flexibility index (Phi) is 3.81. The Morgan fingerprint density at radius 1 is 1.36 bits per heavy atom. The van der Waals surface area contributed by atoms with Gasteiger partial charge in [-0.2, -0.15) is 0 Å². The van der Waals surface area contributed by atoms with E-state index in [9.17, 15) is 9.59 Å². The Labute approximate surface area is 130 Å². The number of amides is 2. The van der Waals surface area contributed by atoms with Crippen LogP contribution in [0.25, 0.3) is 0 Å². The van der Waals surface area contributed by atoms with E-state index in [1.54, 1.807) is 25.3 Å². The lowest BCUT2D eigenvalue weighted by Crippen LogP contribution is -2.46. The zero-order chi connectivity index (χ0) is 15.7. The molecule has 1 aromatic heterocycles. The summed E-state index contributed by atoms with van der Waals surface area (Å²) in [6, 6.07) is 1.72. The van der Waals surface area contributed by atoms with Crippen LogP contribution < -0.4 is 0 Å². The zero-order valence-corrected chi connectivity index (χ0v) is 13.0. The second kappa shape index (κ2) is 5.63. The molecule has 2 aliphatic heterocycles. The van der Waals surface area contributed by atoms with Gasteiger partial charge in [-0.1, -0.05) is 6.08 Å². The van der Waals surface area contributed by atoms with Gasteiger partial charge in [0.05, 0.1) is 17.2 Å². The summed E-state index contributed by atoms with van der Waals surface area (Å²) < 4.78 is 5.21. The highest BCUT2D eigenvalue weighted by Crippen LogP contribution is 2.41. The molecular formula is C17H22N2O3. The van der Waals surface area contributed by atoms with Crippen molar-refractivity contribution in [1.82, 2.24) is 9.80 Å². The molecule has 0 N–H and O–H groups in total. The second-order valence-corrected chi connectivity index (χ2v) is 6.25. The fraction of sp³-hybridized carbons (Fsp3) is 0.529. The number of carbonyl (C=O) groups is 2. The van der Waals surface area contributed by atoms with E-state index in [2.05, 4.69) is 6.58 Å². The minimum absolute atomic E-state index is 0.00879. The van der Waals surface area contributed by atoms with Crippen molar-refractivity contribution in [2.24, 2.45) is 5.41 Å². The molecule has 0 bridgehead atoms. The number of rotatable bonds is 3. The van der Waals surface area contributed by atoms with Crippen LogP contribution in [0.5, 0.6) is 0 Å². The van der Waals surface area contributed by atoms with E-state index in [-0.39, 0.29) is 17.2 Å². The molecule has 2 aliphatic rings. The van der Waals surface area contributed by atoms with Crippen LogP contribution in [0.2, 0.25) is 0 Å². The van der Waals surface area contributed by atoms with Crippen LogP contribution in [-0.2, 0) is 4.79 Å². The van der Waals surface area contributed by atoms with Gasteiger partial charge in [0, 0.05) is 26.2 Å². The predicted octanol–water partition coefficient (Wildman–Crippen LogP) is 2.23. The van der Waals surface area contributed by atoms with Crippen molar-refractivity contribution >= 4 is 11.8 Å². The number of likely N-dealkylation sites (tertiary alicyclic amines) is 2. The third-order valence-corrected chi connectivity index (χ3v) is 5.05. The molecule has 0 radical (unpaired) electrons. The van der Waals surface area contributed by atoms with E-state index < -0.39 is 0 Å². The maximum Gasteiger partial charge on any atom is 0.257 e. The third-order valence-electron chi connectivity index (χ3n) is 5.05. The number of piperidine rings is 1. The van der Waals surface area contributed by atoms with E-state index in [1.165, 1.54) is 0 Å². The summed E-state index contributed by atoms with van der Waals surface area (Å²) in [5.74, 6) is 0.896. The van der Waals surface area contributed by atoms with Gasteiger partial charge in [0.2, 0.25) is 5.91 Å². The largest absolute Gasteiger partial charge is 0.469 e. The summed E-state index contributed by atoms with van der Waals surface area (Å²) in [6.45, 7) is 8.21. The van der Waals surface area contributed by atoms with Crippen LogP contribution >= 0.6 is 0 Å². The Hall–Kier alpha value is -2.04. The van der Waals surface area contributed by atoms with Gasteiger partial charge < -0.3 is 14.2 Å². The van der Waals surface area contributed by atoms with Gasteiger partial charge in [-0.3, -0.25) is 9.59 Å². The van der Waals surface area contributed by atoms with E-state index >= 15 is 0 Å². The van der Waals surface area contributed by atoms with Gasteiger partial charge in [0.15, 0.2) is 0 Å². The highest BCUT2D eigenvalue weighted by atomic mass is 16.3. The van der Waals surface area contributed by atoms with E-state index in [0.29, 0.717) is 31.0 Å². The molecule has 1 aromatic rings. The van der Waals surface area contributed by atoms with E-state index in [4.69, 9.17) is 4.42 Å². The first-order valence-electron chi connectivity index (χ1n) is 7.81. The predicted molar refractivity (Wildman–Crippen MR) is 82.4 cm³/mol. The van der Waals surface area contributed by atoms with Gasteiger partial charge in [-0.05, 0) is 32.3 Å². The maximum atomic E-state index is 12.6. The van der Waals surface area contributed by atoms with Crippen LogP contribution in [0.1, 0.15) is 35.4 Å². The summed E-state index contributed by atoms with van der Waals surface area (Å²) in [6.07, 6.45) is 5.72. The van der Waals surface area contributed by atoms with Crippen LogP contribution in [-0.4, -0.2) is 47.8 Å². The molecule has 0 saturated carbocycles. The minimum atomic E-state index is -0.259. The zero-order valence-electron chi connectivity index (χ0n) is 13.0. The SMILES string of the molecule is C=CCN1CCC2(CCN(C(=O)c3ccoc3C)CC2)C1=O. The summed E-state index contributed by atoms with van der Waals surface area (Å²) in [7, 11) is 0. The van der Waals surface area contributed by atoms with Crippen molar-refractivity contribution in [3.05, 3.63) is 36.3 Å². The molecule has 118 valence electrons. The summed E-state index contributed by atoms with van der Waals surface area (Å²) >= 11 is 0. The van der Waals surface area contributed by atoms with E-state index in [1.807, 2.05) is 9.80 Å². The summed E-state index contributed by atoms with van der Waals surface area (Å²) in [5.41, 5.74) is 0.368. The molecule has 5 nitrogen and oxygen atoms in total. The summed E-state index contributed by atoms with van der Waals surface area (Å²) in [4.78, 5) is 28.8. The van der Waals surface area contributed by atoms with Crippen molar-refractivity contribution in [1.29, 1.82) is 0 Å². The van der Waals surface area contributed by atoms with E-state index in [0.717, 1.165) is 25.8 Å². The Bertz CT molecular complexity index is 597. The molecule has 3 rings (SSSR count). The van der Waals surface area contributed by atoms with Crippen molar-refractivity contribution in [3.63, 3.8) is 0 Å². The van der Waals surface area contributed by atoms with Crippen molar-refractivity contribution < 1.29 is 14.0 Å². The van der Waals surface area contributed by atoms with Crippen molar-refractivity contribution in [2.75, 3.05) is 26.2 Å². The maximum absolute atomic E-state index is 12.6. The fourth-order valence-corrected chi connectivity index (χ4v) is 3.60. The highest BCUT2D eigenvalue weighted by molar-refractivity contribution is 5.95. The molecule has 0 aromatic carbocycles. The molecule has 2 saturated heterocycles. The number of hydrogen-bond donors (Lipinski definition) is 0. The molecule has 22 heavy (non-hydrogen) atoms. The number of hydrogen-bond acceptors (Lipinski definition) is 3. The second-order valence-electron chi connectivity index (χ2n) is 6.25. The molecule has 0 aliphatic carbocycles. The molecule has 1 spiro atoms. The topological polar surface area (TPSA) is 53.8 Å². The van der Waals surface area contributed by atoms with Gasteiger partial charge >= 0.3 is 0 Å².